The highest BCUT2D eigenvalue weighted by atomic mass is 35.5. The Labute approximate surface area is 131 Å². The lowest BCUT2D eigenvalue weighted by Gasteiger charge is -2.19. The maximum Gasteiger partial charge on any atom is 0.356 e. The second-order valence-electron chi connectivity index (χ2n) is 4.34. The molecule has 0 N–H and O–H groups in total. The van der Waals surface area contributed by atoms with Crippen molar-refractivity contribution in [1.82, 2.24) is 9.55 Å². The molecule has 0 fully saturated rings. The van der Waals surface area contributed by atoms with Gasteiger partial charge in [0.15, 0.2) is 0 Å². The molecule has 0 saturated carbocycles. The Morgan fingerprint density at radius 1 is 1.48 bits per heavy atom. The number of rotatable bonds is 4. The number of halogens is 3. The Balaban J connectivity index is 2.47. The number of hydrogen-bond acceptors (Lipinski definition) is 3. The summed E-state index contributed by atoms with van der Waals surface area (Å²) in [5.41, 5.74) is 0.641. The van der Waals surface area contributed by atoms with E-state index in [9.17, 15) is 9.18 Å². The maximum atomic E-state index is 13.6. The number of carbonyl (C=O) groups is 1. The van der Waals surface area contributed by atoms with Crippen molar-refractivity contribution >= 4 is 29.2 Å². The van der Waals surface area contributed by atoms with Gasteiger partial charge in [-0.15, -0.1) is 0 Å². The molecule has 1 aromatic heterocycles. The van der Waals surface area contributed by atoms with E-state index >= 15 is 0 Å². The number of nitrogens with zero attached hydrogens (tertiary/aromatic N) is 2. The Bertz CT molecular complexity index is 673. The Hall–Kier alpha value is -1.59. The predicted molar refractivity (Wildman–Crippen MR) is 78.4 cm³/mol. The third-order valence-corrected chi connectivity index (χ3v) is 3.78. The van der Waals surface area contributed by atoms with Gasteiger partial charge in [0.1, 0.15) is 11.5 Å². The lowest BCUT2D eigenvalue weighted by molar-refractivity contribution is 0.0512. The number of carbonyl (C=O) groups excluding carboxylic acids is 1. The monoisotopic (exact) mass is 330 g/mol. The van der Waals surface area contributed by atoms with Gasteiger partial charge in [-0.3, -0.25) is 0 Å². The van der Waals surface area contributed by atoms with Crippen LogP contribution in [0.3, 0.4) is 0 Å². The van der Waals surface area contributed by atoms with Crippen molar-refractivity contribution in [1.29, 1.82) is 0 Å². The minimum atomic E-state index is -0.569. The van der Waals surface area contributed by atoms with E-state index in [4.69, 9.17) is 27.9 Å². The fourth-order valence-corrected chi connectivity index (χ4v) is 2.73. The van der Waals surface area contributed by atoms with Crippen molar-refractivity contribution in [2.75, 3.05) is 6.61 Å². The highest BCUT2D eigenvalue weighted by molar-refractivity contribution is 6.36. The van der Waals surface area contributed by atoms with Gasteiger partial charge in [-0.05, 0) is 26.0 Å². The second-order valence-corrected chi connectivity index (χ2v) is 5.12. The van der Waals surface area contributed by atoms with Gasteiger partial charge in [-0.1, -0.05) is 23.2 Å². The van der Waals surface area contributed by atoms with E-state index in [-0.39, 0.29) is 17.3 Å². The minimum Gasteiger partial charge on any atom is -0.461 e. The first-order valence-electron chi connectivity index (χ1n) is 6.29. The number of hydrogen-bond donors (Lipinski definition) is 0. The number of esters is 1. The van der Waals surface area contributed by atoms with Gasteiger partial charge < -0.3 is 9.30 Å². The molecule has 0 spiro atoms. The van der Waals surface area contributed by atoms with E-state index in [0.29, 0.717) is 10.6 Å². The van der Waals surface area contributed by atoms with E-state index in [1.807, 2.05) is 0 Å². The van der Waals surface area contributed by atoms with Crippen molar-refractivity contribution in [2.45, 2.75) is 19.9 Å². The van der Waals surface area contributed by atoms with Crippen LogP contribution in [0.5, 0.6) is 0 Å². The molecule has 0 radical (unpaired) electrons. The van der Waals surface area contributed by atoms with Gasteiger partial charge in [0.2, 0.25) is 0 Å². The van der Waals surface area contributed by atoms with Crippen LogP contribution in [0.4, 0.5) is 4.39 Å². The number of imidazole rings is 1. The Morgan fingerprint density at radius 2 is 2.19 bits per heavy atom. The molecule has 0 aliphatic heterocycles. The highest BCUT2D eigenvalue weighted by Crippen LogP contribution is 2.34. The summed E-state index contributed by atoms with van der Waals surface area (Å²) >= 11 is 12.1. The molecule has 112 valence electrons. The van der Waals surface area contributed by atoms with Crippen LogP contribution in [0, 0.1) is 5.82 Å². The maximum absolute atomic E-state index is 13.6. The molecule has 1 unspecified atom stereocenters. The fourth-order valence-electron chi connectivity index (χ4n) is 2.04. The van der Waals surface area contributed by atoms with Crippen LogP contribution in [0.25, 0.3) is 0 Å². The van der Waals surface area contributed by atoms with E-state index < -0.39 is 17.8 Å². The topological polar surface area (TPSA) is 44.1 Å². The molecule has 0 saturated heterocycles. The summed E-state index contributed by atoms with van der Waals surface area (Å²) in [6.07, 6.45) is 2.84. The first-order chi connectivity index (χ1) is 9.97. The van der Waals surface area contributed by atoms with Crippen molar-refractivity contribution in [2.24, 2.45) is 0 Å². The largest absolute Gasteiger partial charge is 0.461 e. The zero-order chi connectivity index (χ0) is 15.6. The smallest absolute Gasteiger partial charge is 0.356 e. The van der Waals surface area contributed by atoms with Crippen LogP contribution in [-0.2, 0) is 4.74 Å². The van der Waals surface area contributed by atoms with Gasteiger partial charge in [0.05, 0.1) is 30.2 Å². The zero-order valence-corrected chi connectivity index (χ0v) is 13.0. The molecule has 1 atom stereocenters. The predicted octanol–water partition coefficient (Wildman–Crippen LogP) is 4.12. The van der Waals surface area contributed by atoms with Gasteiger partial charge in [0, 0.05) is 10.6 Å². The number of ether oxygens (including phenoxy) is 1. The summed E-state index contributed by atoms with van der Waals surface area (Å²) in [5.74, 6) is -1.08. The van der Waals surface area contributed by atoms with E-state index in [1.165, 1.54) is 24.7 Å². The summed E-state index contributed by atoms with van der Waals surface area (Å²) in [6, 6.07) is 2.15. The van der Waals surface area contributed by atoms with Crippen LogP contribution in [0.15, 0.2) is 24.7 Å². The SMILES string of the molecule is CCOC(=O)c1cncn1C(C)c1c(Cl)ccc(F)c1Cl. The molecule has 0 aliphatic carbocycles. The Kier molecular flexibility index (Phi) is 4.85. The lowest BCUT2D eigenvalue weighted by atomic mass is 10.1. The van der Waals surface area contributed by atoms with Gasteiger partial charge in [0.25, 0.3) is 0 Å². The number of benzene rings is 1. The van der Waals surface area contributed by atoms with Crippen LogP contribution >= 0.6 is 23.2 Å². The normalized spacial score (nSPS) is 12.2. The van der Waals surface area contributed by atoms with E-state index in [0.717, 1.165) is 0 Å². The van der Waals surface area contributed by atoms with Crippen LogP contribution < -0.4 is 0 Å². The molecule has 2 rings (SSSR count). The summed E-state index contributed by atoms with van der Waals surface area (Å²) in [7, 11) is 0. The van der Waals surface area contributed by atoms with E-state index in [1.54, 1.807) is 18.4 Å². The van der Waals surface area contributed by atoms with Gasteiger partial charge in [-0.2, -0.15) is 0 Å². The molecule has 7 heteroatoms. The molecule has 1 aromatic carbocycles. The summed E-state index contributed by atoms with van der Waals surface area (Å²) in [5, 5.41) is 0.246. The third kappa shape index (κ3) is 3.04. The summed E-state index contributed by atoms with van der Waals surface area (Å²) < 4.78 is 20.1. The zero-order valence-electron chi connectivity index (χ0n) is 11.4. The quantitative estimate of drug-likeness (QED) is 0.625. The average molecular weight is 331 g/mol. The Morgan fingerprint density at radius 3 is 2.86 bits per heavy atom. The second kappa shape index (κ2) is 6.45. The molecule has 21 heavy (non-hydrogen) atoms. The molecular weight excluding hydrogens is 318 g/mol. The summed E-state index contributed by atoms with van der Waals surface area (Å²) in [6.45, 7) is 3.71. The van der Waals surface area contributed by atoms with Crippen LogP contribution in [0.2, 0.25) is 10.0 Å². The molecular formula is C14H13Cl2FN2O2. The molecule has 0 aliphatic rings. The van der Waals surface area contributed by atoms with Gasteiger partial charge >= 0.3 is 5.97 Å². The van der Waals surface area contributed by atoms with Crippen LogP contribution in [-0.4, -0.2) is 22.1 Å². The molecule has 0 amide bonds. The molecule has 1 heterocycles. The first kappa shape index (κ1) is 15.8. The fraction of sp³-hybridized carbons (Fsp3) is 0.286. The van der Waals surface area contributed by atoms with Crippen molar-refractivity contribution in [3.8, 4) is 0 Å². The first-order valence-corrected chi connectivity index (χ1v) is 7.05. The average Bonchev–Trinajstić information content (AvgIpc) is 2.93. The minimum absolute atomic E-state index is 0.0708. The highest BCUT2D eigenvalue weighted by Gasteiger charge is 2.23. The van der Waals surface area contributed by atoms with Crippen molar-refractivity contribution < 1.29 is 13.9 Å². The third-order valence-electron chi connectivity index (χ3n) is 3.07. The molecule has 4 nitrogen and oxygen atoms in total. The van der Waals surface area contributed by atoms with Gasteiger partial charge in [-0.25, -0.2) is 14.2 Å². The number of aromatic nitrogens is 2. The van der Waals surface area contributed by atoms with Crippen LogP contribution in [0.1, 0.15) is 35.9 Å². The van der Waals surface area contributed by atoms with Crippen molar-refractivity contribution in [3.05, 3.63) is 51.8 Å². The lowest BCUT2D eigenvalue weighted by Crippen LogP contribution is -2.16. The molecule has 2 aromatic rings. The molecule has 0 bridgehead atoms. The van der Waals surface area contributed by atoms with Crippen molar-refractivity contribution in [3.63, 3.8) is 0 Å². The summed E-state index contributed by atoms with van der Waals surface area (Å²) in [4.78, 5) is 15.8. The standard InChI is InChI=1S/C14H13Cl2FN2O2/c1-3-21-14(20)11-6-18-7-19(11)8(2)12-9(15)4-5-10(17)13(12)16/h4-8H,3H2,1-2H3. The van der Waals surface area contributed by atoms with E-state index in [2.05, 4.69) is 4.98 Å².